The number of nitriles is 1. The maximum absolute atomic E-state index is 9.54. The van der Waals surface area contributed by atoms with Crippen molar-refractivity contribution in [3.05, 3.63) is 60.3 Å². The molecule has 0 saturated carbocycles. The summed E-state index contributed by atoms with van der Waals surface area (Å²) in [5, 5.41) is 14.7. The Kier molecular flexibility index (Phi) is 6.06. The molecule has 0 radical (unpaired) electrons. The molecular formula is C23H21BrN8O. The van der Waals surface area contributed by atoms with Crippen molar-refractivity contribution in [2.45, 2.75) is 0 Å². The van der Waals surface area contributed by atoms with E-state index in [4.69, 9.17) is 4.74 Å². The number of rotatable bonds is 5. The second-order valence-corrected chi connectivity index (χ2v) is 8.30. The number of benzene rings is 2. The normalized spacial score (nSPS) is 15.6. The smallest absolute Gasteiger partial charge is 0.227 e. The van der Waals surface area contributed by atoms with Gasteiger partial charge in [-0.15, -0.1) is 0 Å². The van der Waals surface area contributed by atoms with Crippen LogP contribution in [0.3, 0.4) is 0 Å². The lowest BCUT2D eigenvalue weighted by Crippen LogP contribution is -2.36. The van der Waals surface area contributed by atoms with Crippen molar-refractivity contribution in [3.8, 4) is 17.3 Å². The number of hydrazine groups is 1. The van der Waals surface area contributed by atoms with Gasteiger partial charge in [-0.1, -0.05) is 0 Å². The zero-order valence-corrected chi connectivity index (χ0v) is 19.3. The predicted octanol–water partition coefficient (Wildman–Crippen LogP) is 3.63. The average molecular weight is 505 g/mol. The Hall–Kier alpha value is -3.68. The highest BCUT2D eigenvalue weighted by Crippen LogP contribution is 2.27. The lowest BCUT2D eigenvalue weighted by atomic mass is 10.1. The zero-order chi connectivity index (χ0) is 22.6. The van der Waals surface area contributed by atoms with E-state index < -0.39 is 0 Å². The van der Waals surface area contributed by atoms with Gasteiger partial charge >= 0.3 is 0 Å². The van der Waals surface area contributed by atoms with Crippen LogP contribution in [0.15, 0.2) is 59.7 Å². The van der Waals surface area contributed by atoms with Gasteiger partial charge in [0.1, 0.15) is 6.67 Å². The van der Waals surface area contributed by atoms with Crippen molar-refractivity contribution in [1.29, 1.82) is 5.26 Å². The summed E-state index contributed by atoms with van der Waals surface area (Å²) in [6.07, 6.45) is 1.72. The molecule has 1 saturated heterocycles. The maximum Gasteiger partial charge on any atom is 0.227 e. The summed E-state index contributed by atoms with van der Waals surface area (Å²) in [6.45, 7) is 3.52. The molecule has 10 heteroatoms. The van der Waals surface area contributed by atoms with Gasteiger partial charge in [0.15, 0.2) is 4.74 Å². The Labute approximate surface area is 199 Å². The molecule has 0 amide bonds. The molecule has 2 aliphatic heterocycles. The van der Waals surface area contributed by atoms with Crippen LogP contribution < -0.4 is 20.7 Å². The van der Waals surface area contributed by atoms with Gasteiger partial charge in [-0.25, -0.2) is 15.0 Å². The molecule has 0 spiro atoms. The molecule has 5 rings (SSSR count). The van der Waals surface area contributed by atoms with E-state index in [1.165, 1.54) is 0 Å². The SMILES string of the molecule is N#Cc1cc(-c2ccnc(Nc3ccc(N4CN=C(Br)N4)cc3)n2)cc(N2CCOCC2)c1. The van der Waals surface area contributed by atoms with Crippen LogP contribution in [0.1, 0.15) is 5.56 Å². The lowest BCUT2D eigenvalue weighted by Gasteiger charge is -2.29. The van der Waals surface area contributed by atoms with E-state index in [0.29, 0.717) is 36.1 Å². The van der Waals surface area contributed by atoms with Crippen molar-refractivity contribution in [3.63, 3.8) is 0 Å². The molecule has 1 aromatic heterocycles. The van der Waals surface area contributed by atoms with Crippen LogP contribution >= 0.6 is 15.9 Å². The highest BCUT2D eigenvalue weighted by atomic mass is 79.9. The van der Waals surface area contributed by atoms with Gasteiger partial charge in [-0.3, -0.25) is 10.4 Å². The topological polar surface area (TPSA) is 102 Å². The van der Waals surface area contributed by atoms with Gasteiger partial charge in [-0.2, -0.15) is 5.26 Å². The monoisotopic (exact) mass is 504 g/mol. The van der Waals surface area contributed by atoms with E-state index in [1.807, 2.05) is 47.5 Å². The fourth-order valence-electron chi connectivity index (χ4n) is 3.72. The number of ether oxygens (including phenoxy) is 1. The molecule has 2 aromatic carbocycles. The molecule has 0 atom stereocenters. The minimum Gasteiger partial charge on any atom is -0.378 e. The third-order valence-corrected chi connectivity index (χ3v) is 5.82. The molecule has 166 valence electrons. The highest BCUT2D eigenvalue weighted by Gasteiger charge is 2.15. The van der Waals surface area contributed by atoms with Crippen molar-refractivity contribution in [1.82, 2.24) is 15.4 Å². The number of nitrogens with zero attached hydrogens (tertiary/aromatic N) is 6. The first-order valence-electron chi connectivity index (χ1n) is 10.5. The minimum absolute atomic E-state index is 0.487. The van der Waals surface area contributed by atoms with E-state index >= 15 is 0 Å². The summed E-state index contributed by atoms with van der Waals surface area (Å²) in [5.74, 6) is 0.487. The van der Waals surface area contributed by atoms with E-state index in [9.17, 15) is 5.26 Å². The number of anilines is 4. The quantitative estimate of drug-likeness (QED) is 0.507. The Balaban J connectivity index is 1.35. The summed E-state index contributed by atoms with van der Waals surface area (Å²) in [7, 11) is 0. The third kappa shape index (κ3) is 4.89. The number of amidine groups is 1. The van der Waals surface area contributed by atoms with Gasteiger partial charge in [0.25, 0.3) is 0 Å². The second-order valence-electron chi connectivity index (χ2n) is 7.55. The predicted molar refractivity (Wildman–Crippen MR) is 132 cm³/mol. The van der Waals surface area contributed by atoms with Gasteiger partial charge < -0.3 is 15.0 Å². The summed E-state index contributed by atoms with van der Waals surface area (Å²) < 4.78 is 6.17. The summed E-state index contributed by atoms with van der Waals surface area (Å²) in [6, 6.07) is 17.9. The van der Waals surface area contributed by atoms with Crippen LogP contribution in [0, 0.1) is 11.3 Å². The van der Waals surface area contributed by atoms with E-state index in [0.717, 1.165) is 41.4 Å². The van der Waals surface area contributed by atoms with Crippen LogP contribution in [-0.2, 0) is 4.74 Å². The first-order valence-corrected chi connectivity index (χ1v) is 11.3. The largest absolute Gasteiger partial charge is 0.378 e. The standard InChI is InChI=1S/C23H21BrN8O/c24-22-27-15-32(30-22)19-3-1-18(2-4-19)28-23-26-6-5-21(29-23)17-11-16(14-25)12-20(13-17)31-7-9-33-10-8-31/h1-6,11-13H,7-10,15H2,(H,27,30)(H,26,28,29). The number of hydrogen-bond acceptors (Lipinski definition) is 9. The van der Waals surface area contributed by atoms with E-state index in [-0.39, 0.29) is 0 Å². The Morgan fingerprint density at radius 1 is 1.06 bits per heavy atom. The summed E-state index contributed by atoms with van der Waals surface area (Å²) >= 11 is 3.34. The molecule has 3 aromatic rings. The summed E-state index contributed by atoms with van der Waals surface area (Å²) in [5.41, 5.74) is 8.22. The fraction of sp³-hybridized carbons (Fsp3) is 0.217. The maximum atomic E-state index is 9.54. The van der Waals surface area contributed by atoms with Gasteiger partial charge in [0.05, 0.1) is 36.2 Å². The summed E-state index contributed by atoms with van der Waals surface area (Å²) in [4.78, 5) is 15.5. The number of nitrogens with one attached hydrogen (secondary N) is 2. The molecule has 0 bridgehead atoms. The van der Waals surface area contributed by atoms with Crippen LogP contribution in [-0.4, -0.2) is 47.7 Å². The molecular weight excluding hydrogens is 484 g/mol. The minimum atomic E-state index is 0.487. The molecule has 2 N–H and O–H groups in total. The lowest BCUT2D eigenvalue weighted by molar-refractivity contribution is 0.122. The Morgan fingerprint density at radius 2 is 1.88 bits per heavy atom. The van der Waals surface area contributed by atoms with Gasteiger partial charge in [0, 0.05) is 36.2 Å². The van der Waals surface area contributed by atoms with Crippen molar-refractivity contribution in [2.75, 3.05) is 48.2 Å². The highest BCUT2D eigenvalue weighted by molar-refractivity contribution is 9.18. The number of morpholine rings is 1. The van der Waals surface area contributed by atoms with E-state index in [2.05, 4.69) is 58.7 Å². The van der Waals surface area contributed by atoms with Gasteiger partial charge in [0.2, 0.25) is 5.95 Å². The molecule has 3 heterocycles. The molecule has 1 fully saturated rings. The Bertz CT molecular complexity index is 1220. The van der Waals surface area contributed by atoms with Crippen molar-refractivity contribution in [2.24, 2.45) is 4.99 Å². The van der Waals surface area contributed by atoms with E-state index in [1.54, 1.807) is 6.20 Å². The number of hydrogen-bond donors (Lipinski definition) is 2. The number of aromatic nitrogens is 2. The molecule has 33 heavy (non-hydrogen) atoms. The fourth-order valence-corrected chi connectivity index (χ4v) is 4.05. The third-order valence-electron chi connectivity index (χ3n) is 5.39. The molecule has 2 aliphatic rings. The zero-order valence-electron chi connectivity index (χ0n) is 17.7. The first-order chi connectivity index (χ1) is 16.2. The molecule has 9 nitrogen and oxygen atoms in total. The van der Waals surface area contributed by atoms with Crippen LogP contribution in [0.4, 0.5) is 23.0 Å². The van der Waals surface area contributed by atoms with Crippen LogP contribution in [0.2, 0.25) is 0 Å². The number of aliphatic imine (C=N–C) groups is 1. The molecule has 0 unspecified atom stereocenters. The first kappa shape index (κ1) is 21.2. The number of halogens is 1. The van der Waals surface area contributed by atoms with Crippen LogP contribution in [0.5, 0.6) is 0 Å². The molecule has 0 aliphatic carbocycles. The van der Waals surface area contributed by atoms with Crippen LogP contribution in [0.25, 0.3) is 11.3 Å². The Morgan fingerprint density at radius 3 is 2.61 bits per heavy atom. The second kappa shape index (κ2) is 9.44. The average Bonchev–Trinajstić information content (AvgIpc) is 3.31. The van der Waals surface area contributed by atoms with Crippen molar-refractivity contribution >= 4 is 43.7 Å². The van der Waals surface area contributed by atoms with Gasteiger partial charge in [-0.05, 0) is 64.5 Å². The van der Waals surface area contributed by atoms with Crippen molar-refractivity contribution < 1.29 is 4.74 Å².